The zero-order valence-electron chi connectivity index (χ0n) is 11.3. The molecule has 0 unspecified atom stereocenters. The molecule has 0 aliphatic heterocycles. The van der Waals surface area contributed by atoms with Crippen molar-refractivity contribution < 1.29 is 14.3 Å². The molecular formula is C15H21NO3. The summed E-state index contributed by atoms with van der Waals surface area (Å²) in [7, 11) is 0. The van der Waals surface area contributed by atoms with Crippen LogP contribution >= 0.6 is 0 Å². The summed E-state index contributed by atoms with van der Waals surface area (Å²) in [6.45, 7) is 2.05. The number of furan rings is 1. The fraction of sp³-hybridized carbons (Fsp3) is 0.533. The lowest BCUT2D eigenvalue weighted by atomic mass is 9.86. The second-order valence-corrected chi connectivity index (χ2v) is 5.22. The van der Waals surface area contributed by atoms with Crippen LogP contribution in [0, 0.1) is 5.92 Å². The summed E-state index contributed by atoms with van der Waals surface area (Å²) in [6.07, 6.45) is 7.21. The van der Waals surface area contributed by atoms with Gasteiger partial charge in [0.05, 0.1) is 6.26 Å². The Labute approximate surface area is 113 Å². The molecule has 4 heteroatoms. The first-order chi connectivity index (χ1) is 9.19. The highest BCUT2D eigenvalue weighted by Crippen LogP contribution is 2.23. The van der Waals surface area contributed by atoms with Crippen LogP contribution in [0.15, 0.2) is 28.4 Å². The summed E-state index contributed by atoms with van der Waals surface area (Å²) in [6, 6.07) is 3.85. The Morgan fingerprint density at radius 3 is 2.79 bits per heavy atom. The van der Waals surface area contributed by atoms with Crippen molar-refractivity contribution in [2.24, 2.45) is 5.92 Å². The number of carbonyl (C=O) groups is 1. The van der Waals surface area contributed by atoms with Crippen LogP contribution in [0.5, 0.6) is 0 Å². The van der Waals surface area contributed by atoms with E-state index in [1.54, 1.807) is 25.3 Å². The van der Waals surface area contributed by atoms with Gasteiger partial charge in [0.1, 0.15) is 5.76 Å². The first-order valence-electron chi connectivity index (χ1n) is 6.82. The van der Waals surface area contributed by atoms with E-state index in [9.17, 15) is 4.79 Å². The molecule has 1 heterocycles. The molecule has 1 aromatic rings. The summed E-state index contributed by atoms with van der Waals surface area (Å²) >= 11 is 0. The Morgan fingerprint density at radius 2 is 2.21 bits per heavy atom. The maximum Gasteiger partial charge on any atom is 0.247 e. The van der Waals surface area contributed by atoms with E-state index in [2.05, 4.69) is 5.32 Å². The van der Waals surface area contributed by atoms with Crippen molar-refractivity contribution in [1.29, 1.82) is 0 Å². The molecule has 0 spiro atoms. The third kappa shape index (κ3) is 3.96. The maximum atomic E-state index is 12.0. The second-order valence-electron chi connectivity index (χ2n) is 5.22. The second kappa shape index (κ2) is 6.57. The fourth-order valence-corrected chi connectivity index (χ4v) is 2.44. The molecule has 19 heavy (non-hydrogen) atoms. The third-order valence-corrected chi connectivity index (χ3v) is 3.70. The standard InChI is InChI=1S/C15H21NO3/c1-11(9-14-3-2-8-19-14)15(18)16-13-6-4-12(10-17)5-7-13/h2-3,8-9,12-13,17H,4-7,10H2,1H3,(H,16,18)/b11-9+. The van der Waals surface area contributed by atoms with Gasteiger partial charge in [0.2, 0.25) is 5.91 Å². The highest BCUT2D eigenvalue weighted by Gasteiger charge is 2.22. The molecule has 1 saturated carbocycles. The van der Waals surface area contributed by atoms with Gasteiger partial charge in [-0.05, 0) is 56.7 Å². The molecule has 1 fully saturated rings. The van der Waals surface area contributed by atoms with E-state index in [4.69, 9.17) is 9.52 Å². The van der Waals surface area contributed by atoms with Gasteiger partial charge in [-0.15, -0.1) is 0 Å². The first-order valence-corrected chi connectivity index (χ1v) is 6.82. The van der Waals surface area contributed by atoms with Gasteiger partial charge < -0.3 is 14.8 Å². The predicted octanol–water partition coefficient (Wildman–Crippen LogP) is 2.35. The van der Waals surface area contributed by atoms with Crippen molar-refractivity contribution in [2.75, 3.05) is 6.61 Å². The lowest BCUT2D eigenvalue weighted by Crippen LogP contribution is -2.38. The van der Waals surface area contributed by atoms with Crippen LogP contribution < -0.4 is 5.32 Å². The summed E-state index contributed by atoms with van der Waals surface area (Å²) in [5, 5.41) is 12.1. The van der Waals surface area contributed by atoms with Crippen LogP contribution in [0.2, 0.25) is 0 Å². The van der Waals surface area contributed by atoms with Crippen molar-refractivity contribution in [3.8, 4) is 0 Å². The van der Waals surface area contributed by atoms with Gasteiger partial charge in [-0.3, -0.25) is 4.79 Å². The Hall–Kier alpha value is -1.55. The quantitative estimate of drug-likeness (QED) is 0.820. The van der Waals surface area contributed by atoms with Crippen molar-refractivity contribution in [1.82, 2.24) is 5.32 Å². The van der Waals surface area contributed by atoms with Crippen LogP contribution in [0.1, 0.15) is 38.4 Å². The van der Waals surface area contributed by atoms with Crippen LogP contribution in [0.3, 0.4) is 0 Å². The Kier molecular flexibility index (Phi) is 4.80. The van der Waals surface area contributed by atoms with Gasteiger partial charge in [0.15, 0.2) is 0 Å². The highest BCUT2D eigenvalue weighted by molar-refractivity contribution is 5.97. The van der Waals surface area contributed by atoms with E-state index in [-0.39, 0.29) is 18.6 Å². The van der Waals surface area contributed by atoms with E-state index in [1.165, 1.54) is 0 Å². The Morgan fingerprint density at radius 1 is 1.47 bits per heavy atom. The number of amides is 1. The van der Waals surface area contributed by atoms with E-state index < -0.39 is 0 Å². The predicted molar refractivity (Wildman–Crippen MR) is 73.3 cm³/mol. The zero-order valence-corrected chi connectivity index (χ0v) is 11.3. The molecule has 0 bridgehead atoms. The molecule has 1 aliphatic rings. The molecule has 0 radical (unpaired) electrons. The Balaban J connectivity index is 1.84. The third-order valence-electron chi connectivity index (χ3n) is 3.70. The number of hydrogen-bond donors (Lipinski definition) is 2. The molecule has 1 aliphatic carbocycles. The van der Waals surface area contributed by atoms with E-state index in [0.29, 0.717) is 17.3 Å². The smallest absolute Gasteiger partial charge is 0.247 e. The summed E-state index contributed by atoms with van der Waals surface area (Å²) in [4.78, 5) is 12.0. The number of carbonyl (C=O) groups excluding carboxylic acids is 1. The zero-order chi connectivity index (χ0) is 13.7. The van der Waals surface area contributed by atoms with Gasteiger partial charge in [0.25, 0.3) is 0 Å². The van der Waals surface area contributed by atoms with Crippen molar-refractivity contribution in [3.63, 3.8) is 0 Å². The number of rotatable bonds is 4. The fourth-order valence-electron chi connectivity index (χ4n) is 2.44. The topological polar surface area (TPSA) is 62.5 Å². The molecular weight excluding hydrogens is 242 g/mol. The number of nitrogens with one attached hydrogen (secondary N) is 1. The molecule has 4 nitrogen and oxygen atoms in total. The van der Waals surface area contributed by atoms with Gasteiger partial charge in [-0.1, -0.05) is 0 Å². The van der Waals surface area contributed by atoms with Crippen molar-refractivity contribution >= 4 is 12.0 Å². The summed E-state index contributed by atoms with van der Waals surface area (Å²) in [5.74, 6) is 1.06. The molecule has 0 saturated heterocycles. The van der Waals surface area contributed by atoms with E-state index in [0.717, 1.165) is 25.7 Å². The van der Waals surface area contributed by atoms with Gasteiger partial charge in [-0.25, -0.2) is 0 Å². The molecule has 0 aromatic carbocycles. The molecule has 2 rings (SSSR count). The maximum absolute atomic E-state index is 12.0. The van der Waals surface area contributed by atoms with E-state index >= 15 is 0 Å². The van der Waals surface area contributed by atoms with Crippen LogP contribution in [0.25, 0.3) is 6.08 Å². The van der Waals surface area contributed by atoms with Crippen molar-refractivity contribution in [3.05, 3.63) is 29.7 Å². The molecule has 1 amide bonds. The minimum Gasteiger partial charge on any atom is -0.465 e. The van der Waals surface area contributed by atoms with Crippen LogP contribution in [-0.4, -0.2) is 23.7 Å². The van der Waals surface area contributed by atoms with Gasteiger partial charge in [-0.2, -0.15) is 0 Å². The van der Waals surface area contributed by atoms with Crippen LogP contribution in [0.4, 0.5) is 0 Å². The lowest BCUT2D eigenvalue weighted by molar-refractivity contribution is -0.118. The average molecular weight is 263 g/mol. The number of aliphatic hydroxyl groups excluding tert-OH is 1. The number of aliphatic hydroxyl groups is 1. The monoisotopic (exact) mass is 263 g/mol. The highest BCUT2D eigenvalue weighted by atomic mass is 16.3. The van der Waals surface area contributed by atoms with Crippen molar-refractivity contribution in [2.45, 2.75) is 38.6 Å². The summed E-state index contributed by atoms with van der Waals surface area (Å²) < 4.78 is 5.19. The van der Waals surface area contributed by atoms with Gasteiger partial charge >= 0.3 is 0 Å². The minimum absolute atomic E-state index is 0.0381. The largest absolute Gasteiger partial charge is 0.465 e. The molecule has 2 N–H and O–H groups in total. The molecule has 1 aromatic heterocycles. The molecule has 0 atom stereocenters. The molecule has 104 valence electrons. The Bertz CT molecular complexity index is 428. The SMILES string of the molecule is C/C(=C\c1ccco1)C(=O)NC1CCC(CO)CC1. The lowest BCUT2D eigenvalue weighted by Gasteiger charge is -2.28. The van der Waals surface area contributed by atoms with Gasteiger partial charge in [0, 0.05) is 18.2 Å². The average Bonchev–Trinajstić information content (AvgIpc) is 2.92. The first kappa shape index (κ1) is 13.9. The van der Waals surface area contributed by atoms with E-state index in [1.807, 2.05) is 6.07 Å². The summed E-state index contributed by atoms with van der Waals surface area (Å²) in [5.41, 5.74) is 0.652. The number of hydrogen-bond acceptors (Lipinski definition) is 3. The normalized spacial score (nSPS) is 24.2. The minimum atomic E-state index is -0.0381. The van der Waals surface area contributed by atoms with Crippen LogP contribution in [-0.2, 0) is 4.79 Å².